The van der Waals surface area contributed by atoms with Gasteiger partial charge in [-0.1, -0.05) is 19.9 Å². The van der Waals surface area contributed by atoms with Crippen LogP contribution >= 0.6 is 0 Å². The number of benzene rings is 1. The molecule has 1 heterocycles. The number of nitrogens with one attached hydrogen (secondary N) is 2. The Balaban J connectivity index is 2.40. The fraction of sp³-hybridized carbons (Fsp3) is 0.357. The minimum absolute atomic E-state index is 0.0637. The number of aryl methyl sites for hydroxylation is 1. The van der Waals surface area contributed by atoms with Crippen molar-refractivity contribution in [3.8, 4) is 5.75 Å². The number of aromatic hydroxyl groups is 1. The summed E-state index contributed by atoms with van der Waals surface area (Å²) in [7, 11) is 0. The van der Waals surface area contributed by atoms with Gasteiger partial charge in [-0.2, -0.15) is 0 Å². The van der Waals surface area contributed by atoms with Crippen LogP contribution in [0.3, 0.4) is 0 Å². The van der Waals surface area contributed by atoms with Crippen molar-refractivity contribution in [2.45, 2.75) is 33.1 Å². The van der Waals surface area contributed by atoms with Crippen LogP contribution in [0.15, 0.2) is 23.0 Å². The Hall–Kier alpha value is -1.97. The van der Waals surface area contributed by atoms with Crippen molar-refractivity contribution in [2.24, 2.45) is 0 Å². The van der Waals surface area contributed by atoms with Crippen LogP contribution < -0.4 is 5.56 Å². The van der Waals surface area contributed by atoms with Gasteiger partial charge in [0.1, 0.15) is 5.75 Å². The van der Waals surface area contributed by atoms with E-state index in [1.165, 1.54) is 0 Å². The molecule has 0 fully saturated rings. The van der Waals surface area contributed by atoms with Gasteiger partial charge in [-0.25, -0.2) is 0 Å². The van der Waals surface area contributed by atoms with Crippen molar-refractivity contribution in [2.75, 3.05) is 0 Å². The fourth-order valence-electron chi connectivity index (χ4n) is 2.13. The molecule has 1 aromatic carbocycles. The molecule has 4 nitrogen and oxygen atoms in total. The first-order chi connectivity index (χ1) is 8.49. The Morgan fingerprint density at radius 2 is 2.00 bits per heavy atom. The van der Waals surface area contributed by atoms with Gasteiger partial charge in [0.25, 0.3) is 5.56 Å². The van der Waals surface area contributed by atoms with Crippen molar-refractivity contribution < 1.29 is 5.11 Å². The molecule has 18 heavy (non-hydrogen) atoms. The minimum Gasteiger partial charge on any atom is -0.508 e. The molecule has 2 rings (SSSR count). The van der Waals surface area contributed by atoms with Gasteiger partial charge in [0.15, 0.2) is 0 Å². The lowest BCUT2D eigenvalue weighted by atomic mass is 9.97. The molecule has 0 saturated heterocycles. The van der Waals surface area contributed by atoms with Crippen molar-refractivity contribution in [1.29, 1.82) is 0 Å². The summed E-state index contributed by atoms with van der Waals surface area (Å²) in [5, 5.41) is 15.0. The molecular formula is C14H18N2O2. The Bertz CT molecular complexity index is 608. The molecule has 0 amide bonds. The van der Waals surface area contributed by atoms with E-state index in [1.807, 2.05) is 26.8 Å². The maximum atomic E-state index is 11.8. The van der Waals surface area contributed by atoms with E-state index in [-0.39, 0.29) is 17.2 Å². The molecule has 0 saturated carbocycles. The Kier molecular flexibility index (Phi) is 3.28. The molecule has 0 bridgehead atoms. The first-order valence-electron chi connectivity index (χ1n) is 6.07. The van der Waals surface area contributed by atoms with Gasteiger partial charge in [-0.3, -0.25) is 9.89 Å². The topological polar surface area (TPSA) is 68.9 Å². The maximum Gasteiger partial charge on any atom is 0.267 e. The van der Waals surface area contributed by atoms with Crippen LogP contribution in [-0.4, -0.2) is 15.3 Å². The fourth-order valence-corrected chi connectivity index (χ4v) is 2.13. The second-order valence-electron chi connectivity index (χ2n) is 4.91. The second kappa shape index (κ2) is 4.72. The van der Waals surface area contributed by atoms with E-state index < -0.39 is 0 Å². The van der Waals surface area contributed by atoms with Crippen LogP contribution in [0, 0.1) is 6.92 Å². The van der Waals surface area contributed by atoms with Gasteiger partial charge >= 0.3 is 0 Å². The van der Waals surface area contributed by atoms with Gasteiger partial charge in [-0.15, -0.1) is 0 Å². The summed E-state index contributed by atoms with van der Waals surface area (Å²) in [6, 6.07) is 5.23. The molecule has 0 radical (unpaired) electrons. The highest BCUT2D eigenvalue weighted by Crippen LogP contribution is 2.21. The first-order valence-corrected chi connectivity index (χ1v) is 6.07. The van der Waals surface area contributed by atoms with E-state index in [9.17, 15) is 9.90 Å². The SMILES string of the molecule is Cc1cc(O)ccc1Cc1c(C(C)C)[nH][nH]c1=O. The average Bonchev–Trinajstić information content (AvgIpc) is 2.64. The van der Waals surface area contributed by atoms with E-state index in [0.29, 0.717) is 6.42 Å². The molecule has 96 valence electrons. The van der Waals surface area contributed by atoms with Crippen LogP contribution in [0.2, 0.25) is 0 Å². The summed E-state index contributed by atoms with van der Waals surface area (Å²) in [5.74, 6) is 0.527. The number of aromatic nitrogens is 2. The van der Waals surface area contributed by atoms with E-state index in [0.717, 1.165) is 22.4 Å². The summed E-state index contributed by atoms with van der Waals surface area (Å²) in [6.45, 7) is 6.03. The summed E-state index contributed by atoms with van der Waals surface area (Å²) < 4.78 is 0. The molecule has 3 N–H and O–H groups in total. The van der Waals surface area contributed by atoms with E-state index in [4.69, 9.17) is 0 Å². The Morgan fingerprint density at radius 1 is 1.28 bits per heavy atom. The van der Waals surface area contributed by atoms with E-state index >= 15 is 0 Å². The van der Waals surface area contributed by atoms with Crippen LogP contribution in [-0.2, 0) is 6.42 Å². The highest BCUT2D eigenvalue weighted by atomic mass is 16.3. The normalized spacial score (nSPS) is 11.1. The molecule has 0 atom stereocenters. The zero-order chi connectivity index (χ0) is 13.3. The standard InChI is InChI=1S/C14H18N2O2/c1-8(2)13-12(14(18)16-15-13)7-10-4-5-11(17)6-9(10)3/h4-6,8,17H,7H2,1-3H3,(H2,15,16,18). The van der Waals surface area contributed by atoms with E-state index in [2.05, 4.69) is 10.2 Å². The largest absolute Gasteiger partial charge is 0.508 e. The van der Waals surface area contributed by atoms with E-state index in [1.54, 1.807) is 12.1 Å². The summed E-state index contributed by atoms with van der Waals surface area (Å²) in [6.07, 6.45) is 0.582. The van der Waals surface area contributed by atoms with Crippen molar-refractivity contribution in [3.63, 3.8) is 0 Å². The van der Waals surface area contributed by atoms with Gasteiger partial charge in [0.2, 0.25) is 0 Å². The number of phenols is 1. The monoisotopic (exact) mass is 246 g/mol. The molecule has 0 aliphatic carbocycles. The molecule has 0 unspecified atom stereocenters. The summed E-state index contributed by atoms with van der Waals surface area (Å²) in [4.78, 5) is 11.8. The smallest absolute Gasteiger partial charge is 0.267 e. The van der Waals surface area contributed by atoms with Gasteiger partial charge in [0.05, 0.1) is 0 Å². The van der Waals surface area contributed by atoms with Gasteiger partial charge < -0.3 is 10.2 Å². The summed E-state index contributed by atoms with van der Waals surface area (Å²) >= 11 is 0. The van der Waals surface area contributed by atoms with Crippen molar-refractivity contribution in [3.05, 3.63) is 50.9 Å². The molecular weight excluding hydrogens is 228 g/mol. The zero-order valence-corrected chi connectivity index (χ0v) is 10.9. The van der Waals surface area contributed by atoms with Crippen LogP contribution in [0.5, 0.6) is 5.75 Å². The number of hydrogen-bond donors (Lipinski definition) is 3. The number of rotatable bonds is 3. The Morgan fingerprint density at radius 3 is 2.61 bits per heavy atom. The minimum atomic E-state index is -0.0637. The second-order valence-corrected chi connectivity index (χ2v) is 4.91. The zero-order valence-electron chi connectivity index (χ0n) is 10.9. The number of aromatic amines is 2. The van der Waals surface area contributed by atoms with Gasteiger partial charge in [-0.05, 0) is 36.1 Å². The predicted octanol–water partition coefficient (Wildman–Crippen LogP) is 2.43. The lowest BCUT2D eigenvalue weighted by molar-refractivity contribution is 0.474. The highest BCUT2D eigenvalue weighted by Gasteiger charge is 2.14. The van der Waals surface area contributed by atoms with Crippen molar-refractivity contribution in [1.82, 2.24) is 10.2 Å². The third kappa shape index (κ3) is 2.32. The lowest BCUT2D eigenvalue weighted by Gasteiger charge is -2.08. The summed E-state index contributed by atoms with van der Waals surface area (Å²) in [5.41, 5.74) is 3.71. The lowest BCUT2D eigenvalue weighted by Crippen LogP contribution is -2.09. The molecule has 2 aromatic rings. The molecule has 0 aliphatic rings. The average molecular weight is 246 g/mol. The molecule has 0 spiro atoms. The van der Waals surface area contributed by atoms with Gasteiger partial charge in [0, 0.05) is 17.7 Å². The predicted molar refractivity (Wildman–Crippen MR) is 71.2 cm³/mol. The molecule has 4 heteroatoms. The van der Waals surface area contributed by atoms with Crippen LogP contribution in [0.25, 0.3) is 0 Å². The highest BCUT2D eigenvalue weighted by molar-refractivity contribution is 5.38. The third-order valence-corrected chi connectivity index (χ3v) is 3.18. The van der Waals surface area contributed by atoms with Crippen molar-refractivity contribution >= 4 is 0 Å². The molecule has 0 aliphatic heterocycles. The molecule has 1 aromatic heterocycles. The van der Waals surface area contributed by atoms with Crippen LogP contribution in [0.4, 0.5) is 0 Å². The maximum absolute atomic E-state index is 11.8. The number of hydrogen-bond acceptors (Lipinski definition) is 2. The Labute approximate surface area is 106 Å². The third-order valence-electron chi connectivity index (χ3n) is 3.18. The quantitative estimate of drug-likeness (QED) is 0.778. The first kappa shape index (κ1) is 12.5. The van der Waals surface area contributed by atoms with Crippen LogP contribution in [0.1, 0.15) is 42.1 Å². The number of H-pyrrole nitrogens is 2. The number of phenolic OH excluding ortho intramolecular Hbond substituents is 1.